The van der Waals surface area contributed by atoms with E-state index in [1.165, 1.54) is 0 Å². The molecule has 36 valence electrons. The van der Waals surface area contributed by atoms with Crippen LogP contribution in [-0.2, 0) is 0 Å². The first-order valence-electron chi connectivity index (χ1n) is 2.08. The standard InChI is InChI=1S/C5H10O/c1-3-4-5(2)6/h3-6H,1-2H3/b4-3+/t5-/m0/s1. The number of aliphatic hydroxyl groups is 1. The van der Waals surface area contributed by atoms with Gasteiger partial charge in [-0.3, -0.25) is 0 Å². The highest BCUT2D eigenvalue weighted by atomic mass is 16.3. The Hall–Kier alpha value is -0.300. The lowest BCUT2D eigenvalue weighted by molar-refractivity contribution is 0.244. The Morgan fingerprint density at radius 2 is 2.17 bits per heavy atom. The van der Waals surface area contributed by atoms with Crippen molar-refractivity contribution in [2.75, 3.05) is 0 Å². The van der Waals surface area contributed by atoms with E-state index >= 15 is 0 Å². The Bertz CT molecular complexity index is 45.9. The lowest BCUT2D eigenvalue weighted by Gasteiger charge is -1.87. The monoisotopic (exact) mass is 86.1 g/mol. The van der Waals surface area contributed by atoms with E-state index in [2.05, 4.69) is 0 Å². The maximum Gasteiger partial charge on any atom is 0.0692 e. The predicted molar refractivity (Wildman–Crippen MR) is 26.5 cm³/mol. The minimum absolute atomic E-state index is 0.282. The highest BCUT2D eigenvalue weighted by molar-refractivity contribution is 4.81. The molecule has 0 aliphatic rings. The summed E-state index contributed by atoms with van der Waals surface area (Å²) in [7, 11) is 0. The summed E-state index contributed by atoms with van der Waals surface area (Å²) in [4.78, 5) is 0. The summed E-state index contributed by atoms with van der Waals surface area (Å²) in [6, 6.07) is 0. The van der Waals surface area contributed by atoms with E-state index in [0.29, 0.717) is 0 Å². The van der Waals surface area contributed by atoms with Crippen LogP contribution >= 0.6 is 0 Å². The minimum atomic E-state index is -0.282. The molecule has 0 amide bonds. The summed E-state index contributed by atoms with van der Waals surface area (Å²) in [5.41, 5.74) is 0. The van der Waals surface area contributed by atoms with Crippen molar-refractivity contribution in [3.63, 3.8) is 0 Å². The van der Waals surface area contributed by atoms with Gasteiger partial charge in [-0.05, 0) is 13.8 Å². The topological polar surface area (TPSA) is 20.2 Å². The molecule has 0 saturated heterocycles. The average Bonchev–Trinajstić information content (AvgIpc) is 1.35. The van der Waals surface area contributed by atoms with Crippen LogP contribution in [0.5, 0.6) is 0 Å². The van der Waals surface area contributed by atoms with Gasteiger partial charge in [-0.2, -0.15) is 0 Å². The molecule has 0 aromatic carbocycles. The van der Waals surface area contributed by atoms with Crippen LogP contribution in [0.2, 0.25) is 0 Å². The van der Waals surface area contributed by atoms with E-state index in [4.69, 9.17) is 5.11 Å². The molecule has 0 radical (unpaired) electrons. The first-order chi connectivity index (χ1) is 2.77. The first-order valence-corrected chi connectivity index (χ1v) is 2.08. The van der Waals surface area contributed by atoms with Crippen molar-refractivity contribution in [3.05, 3.63) is 12.2 Å². The highest BCUT2D eigenvalue weighted by Gasteiger charge is 1.78. The number of rotatable bonds is 1. The van der Waals surface area contributed by atoms with E-state index in [9.17, 15) is 0 Å². The fourth-order valence-corrected chi connectivity index (χ4v) is 0.279. The molecular formula is C5H10O. The zero-order chi connectivity index (χ0) is 4.99. The molecule has 0 aromatic rings. The summed E-state index contributed by atoms with van der Waals surface area (Å²) in [6.07, 6.45) is 3.26. The van der Waals surface area contributed by atoms with E-state index in [-0.39, 0.29) is 6.10 Å². The molecular weight excluding hydrogens is 76.1 g/mol. The van der Waals surface area contributed by atoms with E-state index in [1.807, 2.05) is 13.0 Å². The molecule has 0 spiro atoms. The van der Waals surface area contributed by atoms with E-state index < -0.39 is 0 Å². The molecule has 0 fully saturated rings. The summed E-state index contributed by atoms with van der Waals surface area (Å²) in [5, 5.41) is 8.47. The van der Waals surface area contributed by atoms with Crippen molar-refractivity contribution in [2.24, 2.45) is 0 Å². The van der Waals surface area contributed by atoms with Crippen LogP contribution in [0.4, 0.5) is 0 Å². The van der Waals surface area contributed by atoms with E-state index in [1.54, 1.807) is 13.0 Å². The first kappa shape index (κ1) is 5.70. The van der Waals surface area contributed by atoms with Crippen molar-refractivity contribution < 1.29 is 5.11 Å². The molecule has 0 bridgehead atoms. The molecule has 1 N–H and O–H groups in total. The van der Waals surface area contributed by atoms with Crippen LogP contribution in [0.1, 0.15) is 13.8 Å². The Labute approximate surface area is 38.3 Å². The zero-order valence-corrected chi connectivity index (χ0v) is 4.18. The Morgan fingerprint density at radius 3 is 2.17 bits per heavy atom. The lowest BCUT2D eigenvalue weighted by Crippen LogP contribution is -1.89. The van der Waals surface area contributed by atoms with Gasteiger partial charge < -0.3 is 5.11 Å². The fraction of sp³-hybridized carbons (Fsp3) is 0.600. The molecule has 1 atom stereocenters. The maximum atomic E-state index is 8.47. The second-order valence-electron chi connectivity index (χ2n) is 1.27. The van der Waals surface area contributed by atoms with Gasteiger partial charge in [0, 0.05) is 0 Å². The summed E-state index contributed by atoms with van der Waals surface area (Å²) in [5.74, 6) is 0. The van der Waals surface area contributed by atoms with Crippen LogP contribution in [0.3, 0.4) is 0 Å². The van der Waals surface area contributed by atoms with Crippen molar-refractivity contribution >= 4 is 0 Å². The van der Waals surface area contributed by atoms with Crippen molar-refractivity contribution in [1.82, 2.24) is 0 Å². The minimum Gasteiger partial charge on any atom is -0.389 e. The quantitative estimate of drug-likeness (QED) is 0.471. The Kier molecular flexibility index (Phi) is 2.77. The van der Waals surface area contributed by atoms with Crippen LogP contribution in [0, 0.1) is 0 Å². The van der Waals surface area contributed by atoms with Crippen LogP contribution in [-0.4, -0.2) is 11.2 Å². The second kappa shape index (κ2) is 2.91. The van der Waals surface area contributed by atoms with Gasteiger partial charge in [0.15, 0.2) is 0 Å². The van der Waals surface area contributed by atoms with Crippen molar-refractivity contribution in [2.45, 2.75) is 20.0 Å². The Morgan fingerprint density at radius 1 is 1.67 bits per heavy atom. The van der Waals surface area contributed by atoms with E-state index in [0.717, 1.165) is 0 Å². The number of hydrogen-bond acceptors (Lipinski definition) is 1. The molecule has 0 unspecified atom stereocenters. The van der Waals surface area contributed by atoms with Gasteiger partial charge in [-0.25, -0.2) is 0 Å². The smallest absolute Gasteiger partial charge is 0.0692 e. The van der Waals surface area contributed by atoms with Crippen molar-refractivity contribution in [3.8, 4) is 0 Å². The predicted octanol–water partition coefficient (Wildman–Crippen LogP) is 0.943. The molecule has 6 heavy (non-hydrogen) atoms. The maximum absolute atomic E-state index is 8.47. The van der Waals surface area contributed by atoms with Gasteiger partial charge in [0.2, 0.25) is 0 Å². The second-order valence-corrected chi connectivity index (χ2v) is 1.27. The van der Waals surface area contributed by atoms with Gasteiger partial charge in [-0.15, -0.1) is 0 Å². The third-order valence-corrected chi connectivity index (χ3v) is 0.471. The molecule has 0 rings (SSSR count). The van der Waals surface area contributed by atoms with Gasteiger partial charge in [0.05, 0.1) is 6.10 Å². The van der Waals surface area contributed by atoms with Crippen LogP contribution in [0.25, 0.3) is 0 Å². The van der Waals surface area contributed by atoms with Gasteiger partial charge >= 0.3 is 0 Å². The summed E-state index contributed by atoms with van der Waals surface area (Å²) in [6.45, 7) is 3.60. The third kappa shape index (κ3) is 3.70. The van der Waals surface area contributed by atoms with Gasteiger partial charge in [0.25, 0.3) is 0 Å². The zero-order valence-electron chi connectivity index (χ0n) is 4.18. The van der Waals surface area contributed by atoms with Crippen LogP contribution in [0.15, 0.2) is 12.2 Å². The molecule has 0 heterocycles. The largest absolute Gasteiger partial charge is 0.389 e. The third-order valence-electron chi connectivity index (χ3n) is 0.471. The average molecular weight is 86.1 g/mol. The highest BCUT2D eigenvalue weighted by Crippen LogP contribution is 1.78. The summed E-state index contributed by atoms with van der Waals surface area (Å²) >= 11 is 0. The fourth-order valence-electron chi connectivity index (χ4n) is 0.279. The molecule has 0 aromatic heterocycles. The Balaban J connectivity index is 3.03. The summed E-state index contributed by atoms with van der Waals surface area (Å²) < 4.78 is 0. The van der Waals surface area contributed by atoms with Gasteiger partial charge in [0.1, 0.15) is 0 Å². The number of hydrogen-bond donors (Lipinski definition) is 1. The van der Waals surface area contributed by atoms with Crippen LogP contribution < -0.4 is 0 Å². The molecule has 1 heteroatoms. The molecule has 0 saturated carbocycles. The normalized spacial score (nSPS) is 15.8. The SMILES string of the molecule is C/C=C/[C@H](C)O. The molecule has 0 aliphatic heterocycles. The number of aliphatic hydroxyl groups excluding tert-OH is 1. The molecule has 0 aliphatic carbocycles. The number of allylic oxidation sites excluding steroid dienone is 1. The molecule has 1 nitrogen and oxygen atoms in total. The van der Waals surface area contributed by atoms with Crippen molar-refractivity contribution in [1.29, 1.82) is 0 Å². The van der Waals surface area contributed by atoms with Gasteiger partial charge in [-0.1, -0.05) is 12.2 Å². The lowest BCUT2D eigenvalue weighted by atomic mass is 10.4.